The third-order valence-corrected chi connectivity index (χ3v) is 20.8. The molecule has 2 bridgehead atoms. The van der Waals surface area contributed by atoms with Crippen molar-refractivity contribution < 1.29 is 47.3 Å². The lowest BCUT2D eigenvalue weighted by Crippen LogP contribution is -2.82. The second-order valence-corrected chi connectivity index (χ2v) is 24.2. The highest BCUT2D eigenvalue weighted by atomic mass is 28.4. The molecule has 12 heteroatoms. The number of esters is 2. The Morgan fingerprint density at radius 3 is 2.17 bits per heavy atom. The monoisotopic (exact) mass is 756 g/mol. The molecule has 0 amide bonds. The van der Waals surface area contributed by atoms with Crippen molar-refractivity contribution in [2.75, 3.05) is 6.61 Å². The molecule has 5 aliphatic rings. The lowest BCUT2D eigenvalue weighted by Gasteiger charge is -2.70. The molecule has 2 saturated heterocycles. The van der Waals surface area contributed by atoms with Crippen LogP contribution in [0.2, 0.25) is 29.7 Å². The van der Waals surface area contributed by atoms with Crippen LogP contribution in [0.25, 0.3) is 0 Å². The molecule has 2 heterocycles. The van der Waals surface area contributed by atoms with Gasteiger partial charge in [0.15, 0.2) is 19.7 Å². The first kappa shape index (κ1) is 39.6. The minimum Gasteiger partial charge on any atom is -0.455 e. The first-order chi connectivity index (χ1) is 24.3. The largest absolute Gasteiger partial charge is 0.455 e. The van der Waals surface area contributed by atoms with Crippen molar-refractivity contribution >= 4 is 28.9 Å². The van der Waals surface area contributed by atoms with Gasteiger partial charge in [0.2, 0.25) is 0 Å². The van der Waals surface area contributed by atoms with Crippen LogP contribution in [0.4, 0.5) is 0 Å². The van der Waals surface area contributed by atoms with Crippen molar-refractivity contribution in [1.82, 2.24) is 0 Å². The summed E-state index contributed by atoms with van der Waals surface area (Å²) in [7, 11) is -4.59. The number of hydrogen-bond acceptors (Lipinski definition) is 10. The van der Waals surface area contributed by atoms with E-state index >= 15 is 0 Å². The van der Waals surface area contributed by atoms with E-state index < -0.39 is 98.7 Å². The summed E-state index contributed by atoms with van der Waals surface area (Å²) >= 11 is 0. The van der Waals surface area contributed by atoms with Gasteiger partial charge in [0.25, 0.3) is 8.68 Å². The summed E-state index contributed by atoms with van der Waals surface area (Å²) in [5, 5.41) is 13.8. The summed E-state index contributed by atoms with van der Waals surface area (Å²) < 4.78 is 55.3. The van der Waals surface area contributed by atoms with E-state index in [2.05, 4.69) is 27.7 Å². The lowest BCUT2D eigenvalue weighted by atomic mass is 9.44. The molecule has 0 radical (unpaired) electrons. The molecule has 10 atom stereocenters. The summed E-state index contributed by atoms with van der Waals surface area (Å²) in [4.78, 5) is 27.7. The Hall–Kier alpha value is -2.07. The Labute approximate surface area is 312 Å². The van der Waals surface area contributed by atoms with Gasteiger partial charge in [-0.25, -0.2) is 4.79 Å². The maximum absolute atomic E-state index is 14.4. The predicted octanol–water partition coefficient (Wildman–Crippen LogP) is 7.15. The summed E-state index contributed by atoms with van der Waals surface area (Å²) in [5.74, 6) is -3.02. The number of fused-ring (bicyclic) bond motifs is 8. The van der Waals surface area contributed by atoms with E-state index in [-0.39, 0.29) is 13.0 Å². The molecule has 6 rings (SSSR count). The number of hydrogen-bond donors (Lipinski definition) is 1. The number of allylic oxidation sites excluding steroid dienone is 1. The molecule has 0 spiro atoms. The first-order valence-corrected chi connectivity index (χ1v) is 23.6. The number of carbonyl (C=O) groups is 2. The molecule has 0 unspecified atom stereocenters. The van der Waals surface area contributed by atoms with Gasteiger partial charge in [-0.3, -0.25) is 4.79 Å². The molecular weight excluding hydrogens is 697 g/mol. The quantitative estimate of drug-likeness (QED) is 0.149. The maximum Gasteiger partial charge on any atom is 0.338 e. The molecule has 288 valence electrons. The molecule has 52 heavy (non-hydrogen) atoms. The SMILES string of the molecule is CC[Si](=O)[C@H]1C[C@@]2(O)[C@@H](OC(=O)c3ccccc3)[C@@H]3[C@]4(OC(C)=O)CO[C@@H]4C[C@H](O[Si](CC)(CC)CC)[C@@]3(C)[C@@H]3OC(C)(C)O[C@@H]3C(=C1C)C2(C)C. The average molecular weight is 757 g/mol. The van der Waals surface area contributed by atoms with Crippen molar-refractivity contribution in [1.29, 1.82) is 0 Å². The number of carbonyl (C=O) groups excluding carboxylic acids is 2. The minimum absolute atomic E-state index is 0.0520. The fourth-order valence-corrected chi connectivity index (χ4v) is 15.5. The van der Waals surface area contributed by atoms with E-state index in [1.54, 1.807) is 24.3 Å². The third-order valence-electron chi connectivity index (χ3n) is 14.0. The number of rotatable bonds is 10. The second-order valence-electron chi connectivity index (χ2n) is 17.2. The molecular formula is C40H60O10Si2. The van der Waals surface area contributed by atoms with Crippen LogP contribution in [-0.2, 0) is 37.4 Å². The van der Waals surface area contributed by atoms with Gasteiger partial charge in [-0.1, -0.05) is 72.2 Å². The molecule has 4 fully saturated rings. The van der Waals surface area contributed by atoms with Gasteiger partial charge in [0.05, 0.1) is 30.3 Å². The van der Waals surface area contributed by atoms with Crippen LogP contribution in [0.5, 0.6) is 0 Å². The average Bonchev–Trinajstić information content (AvgIpc) is 3.42. The Balaban J connectivity index is 1.72. The highest BCUT2D eigenvalue weighted by Gasteiger charge is 2.79. The predicted molar refractivity (Wildman–Crippen MR) is 199 cm³/mol. The highest BCUT2D eigenvalue weighted by molar-refractivity contribution is 6.73. The molecule has 1 aromatic carbocycles. The molecule has 2 saturated carbocycles. The zero-order valence-corrected chi connectivity index (χ0v) is 35.0. The fourth-order valence-electron chi connectivity index (χ4n) is 10.9. The number of ether oxygens (including phenoxy) is 5. The Bertz CT molecular complexity index is 1600. The van der Waals surface area contributed by atoms with E-state index in [1.807, 2.05) is 47.6 Å². The van der Waals surface area contributed by atoms with Crippen molar-refractivity contribution in [3.63, 3.8) is 0 Å². The van der Waals surface area contributed by atoms with Crippen LogP contribution in [0, 0.1) is 16.7 Å². The van der Waals surface area contributed by atoms with Crippen molar-refractivity contribution in [3.05, 3.63) is 47.0 Å². The van der Waals surface area contributed by atoms with Gasteiger partial charge in [-0.05, 0) is 69.1 Å². The first-order valence-electron chi connectivity index (χ1n) is 19.4. The smallest absolute Gasteiger partial charge is 0.338 e. The molecule has 2 aliphatic heterocycles. The second kappa shape index (κ2) is 13.6. The normalized spacial score (nSPS) is 38.8. The van der Waals surface area contributed by atoms with Gasteiger partial charge in [0.1, 0.15) is 23.9 Å². The number of aliphatic hydroxyl groups is 1. The molecule has 1 N–H and O–H groups in total. The van der Waals surface area contributed by atoms with E-state index in [0.29, 0.717) is 18.0 Å². The van der Waals surface area contributed by atoms with Crippen LogP contribution in [0.3, 0.4) is 0 Å². The Morgan fingerprint density at radius 1 is 1.00 bits per heavy atom. The van der Waals surface area contributed by atoms with Gasteiger partial charge in [-0.2, -0.15) is 0 Å². The number of benzene rings is 1. The zero-order valence-electron chi connectivity index (χ0n) is 33.0. The zero-order chi connectivity index (χ0) is 38.2. The Kier molecular flexibility index (Phi) is 10.4. The van der Waals surface area contributed by atoms with Crippen molar-refractivity contribution in [3.8, 4) is 0 Å². The maximum atomic E-state index is 14.4. The molecule has 10 nitrogen and oxygen atoms in total. The van der Waals surface area contributed by atoms with Crippen LogP contribution in [-0.4, -0.2) is 88.2 Å². The minimum atomic E-state index is -2.33. The van der Waals surface area contributed by atoms with Gasteiger partial charge in [0, 0.05) is 29.7 Å². The lowest BCUT2D eigenvalue weighted by molar-refractivity contribution is -0.360. The van der Waals surface area contributed by atoms with E-state index in [1.165, 1.54) is 6.92 Å². The summed E-state index contributed by atoms with van der Waals surface area (Å²) in [5.41, 5.74) is -3.59. The third kappa shape index (κ3) is 5.80. The van der Waals surface area contributed by atoms with Gasteiger partial charge in [-0.15, -0.1) is 0 Å². The van der Waals surface area contributed by atoms with Crippen LogP contribution in [0.15, 0.2) is 41.5 Å². The van der Waals surface area contributed by atoms with Crippen molar-refractivity contribution in [2.24, 2.45) is 16.7 Å². The van der Waals surface area contributed by atoms with Crippen LogP contribution < -0.4 is 0 Å². The summed E-state index contributed by atoms with van der Waals surface area (Å²) in [6.45, 7) is 21.8. The van der Waals surface area contributed by atoms with E-state index in [0.717, 1.165) is 29.3 Å². The highest BCUT2D eigenvalue weighted by Crippen LogP contribution is 2.68. The summed E-state index contributed by atoms with van der Waals surface area (Å²) in [6.07, 6.45) is -3.16. The fraction of sp³-hybridized carbons (Fsp3) is 0.750. The molecule has 1 aromatic rings. The van der Waals surface area contributed by atoms with Crippen LogP contribution in [0.1, 0.15) is 99.4 Å². The molecule has 0 aromatic heterocycles. The topological polar surface area (TPSA) is 127 Å². The molecule has 3 aliphatic carbocycles. The summed E-state index contributed by atoms with van der Waals surface area (Å²) in [6, 6.07) is 11.9. The van der Waals surface area contributed by atoms with E-state index in [4.69, 9.17) is 28.1 Å². The Morgan fingerprint density at radius 2 is 1.63 bits per heavy atom. The van der Waals surface area contributed by atoms with Crippen LogP contribution >= 0.6 is 0 Å². The van der Waals surface area contributed by atoms with Gasteiger partial charge >= 0.3 is 11.9 Å². The van der Waals surface area contributed by atoms with E-state index in [9.17, 15) is 19.2 Å². The van der Waals surface area contributed by atoms with Crippen molar-refractivity contribution in [2.45, 2.75) is 166 Å². The standard InChI is InChI=1S/C40H60O10Si2/c1-12-51(44)27-22-40(43)34(46-35(42)26-19-17-16-18-20-26)32-38(11,33-31(48-37(9,10)49-33)30(24(27)5)36(40,7)8)28(50-52(13-2,14-3)15-4)21-29-39(32,23-45-29)47-25(6)41/h16-20,27-29,31-34,43H,12-15,21-23H2,1-11H3/t27-,28-,29+,31+,32-,33+,34-,38+,39-,40+/m0/s1. The van der Waals surface area contributed by atoms with Gasteiger partial charge < -0.3 is 37.7 Å².